The molecule has 2 aromatic carbocycles. The van der Waals surface area contributed by atoms with Gasteiger partial charge >= 0.3 is 0 Å². The summed E-state index contributed by atoms with van der Waals surface area (Å²) < 4.78 is 5.72. The van der Waals surface area contributed by atoms with Crippen LogP contribution in [0.3, 0.4) is 0 Å². The van der Waals surface area contributed by atoms with E-state index in [1.807, 2.05) is 36.4 Å². The van der Waals surface area contributed by atoms with E-state index in [1.54, 1.807) is 35.3 Å². The van der Waals surface area contributed by atoms with Gasteiger partial charge in [0.25, 0.3) is 5.56 Å². The van der Waals surface area contributed by atoms with Crippen LogP contribution < -0.4 is 5.56 Å². The van der Waals surface area contributed by atoms with E-state index in [4.69, 9.17) is 4.74 Å². The minimum atomic E-state index is -0.199. The topological polar surface area (TPSA) is 75.3 Å². The fourth-order valence-electron chi connectivity index (χ4n) is 3.49. The first-order valence-corrected chi connectivity index (χ1v) is 9.80. The van der Waals surface area contributed by atoms with Crippen molar-refractivity contribution >= 4 is 22.9 Å². The van der Waals surface area contributed by atoms with E-state index < -0.39 is 0 Å². The van der Waals surface area contributed by atoms with Crippen molar-refractivity contribution in [1.29, 1.82) is 0 Å². The number of H-pyrrole nitrogens is 1. The van der Waals surface area contributed by atoms with Crippen LogP contribution >= 0.6 is 0 Å². The lowest BCUT2D eigenvalue weighted by atomic mass is 10.2. The number of aromatic nitrogens is 2. The Hall–Kier alpha value is -3.25. The number of rotatable bonds is 6. The number of amides is 1. The predicted molar refractivity (Wildman–Crippen MR) is 112 cm³/mol. The lowest BCUT2D eigenvalue weighted by Crippen LogP contribution is -2.36. The minimum Gasteiger partial charge on any atom is -0.376 e. The first-order valence-electron chi connectivity index (χ1n) is 9.80. The van der Waals surface area contributed by atoms with Gasteiger partial charge < -0.3 is 14.6 Å². The second-order valence-electron chi connectivity index (χ2n) is 7.13. The molecule has 1 saturated heterocycles. The van der Waals surface area contributed by atoms with E-state index in [-0.39, 0.29) is 24.1 Å². The van der Waals surface area contributed by atoms with Crippen molar-refractivity contribution in [3.05, 3.63) is 82.4 Å². The van der Waals surface area contributed by atoms with Crippen LogP contribution in [-0.4, -0.2) is 40.0 Å². The van der Waals surface area contributed by atoms with Crippen molar-refractivity contribution in [3.63, 3.8) is 0 Å². The molecule has 1 atom stereocenters. The first-order chi connectivity index (χ1) is 14.2. The van der Waals surface area contributed by atoms with E-state index in [1.165, 1.54) is 0 Å². The summed E-state index contributed by atoms with van der Waals surface area (Å²) in [4.78, 5) is 34.3. The highest BCUT2D eigenvalue weighted by molar-refractivity contribution is 5.91. The van der Waals surface area contributed by atoms with Crippen molar-refractivity contribution in [3.8, 4) is 0 Å². The van der Waals surface area contributed by atoms with Crippen molar-refractivity contribution in [2.24, 2.45) is 0 Å². The monoisotopic (exact) mass is 389 g/mol. The van der Waals surface area contributed by atoms with E-state index in [2.05, 4.69) is 9.97 Å². The summed E-state index contributed by atoms with van der Waals surface area (Å²) in [6, 6.07) is 16.9. The quantitative estimate of drug-likeness (QED) is 0.657. The summed E-state index contributed by atoms with van der Waals surface area (Å²) in [5.41, 5.74) is 1.38. The van der Waals surface area contributed by atoms with Gasteiger partial charge in [-0.15, -0.1) is 0 Å². The number of para-hydroxylation sites is 1. The molecule has 3 aromatic rings. The molecule has 0 saturated carbocycles. The van der Waals surface area contributed by atoms with E-state index >= 15 is 0 Å². The van der Waals surface area contributed by atoms with Gasteiger partial charge in [-0.05, 0) is 36.6 Å². The molecule has 2 heterocycles. The number of ether oxygens (including phenoxy) is 1. The first kappa shape index (κ1) is 19.1. The maximum Gasteiger partial charge on any atom is 0.258 e. The van der Waals surface area contributed by atoms with Gasteiger partial charge in [0, 0.05) is 19.2 Å². The summed E-state index contributed by atoms with van der Waals surface area (Å²) in [6.07, 6.45) is 5.28. The number of benzene rings is 2. The summed E-state index contributed by atoms with van der Waals surface area (Å²) in [6.45, 7) is 1.41. The maximum atomic E-state index is 12.9. The van der Waals surface area contributed by atoms with Crippen molar-refractivity contribution in [2.75, 3.05) is 13.2 Å². The molecule has 1 aliphatic rings. The molecule has 1 aromatic heterocycles. The number of nitrogens with zero attached hydrogens (tertiary/aromatic N) is 2. The van der Waals surface area contributed by atoms with Crippen molar-refractivity contribution < 1.29 is 9.53 Å². The molecule has 1 unspecified atom stereocenters. The second kappa shape index (κ2) is 8.84. The van der Waals surface area contributed by atoms with Crippen LogP contribution in [0.4, 0.5) is 0 Å². The molecular formula is C23H23N3O3. The van der Waals surface area contributed by atoms with E-state index in [9.17, 15) is 9.59 Å². The predicted octanol–water partition coefficient (Wildman–Crippen LogP) is 3.14. The molecule has 0 radical (unpaired) electrons. The molecular weight excluding hydrogens is 366 g/mol. The Morgan fingerprint density at radius 3 is 2.76 bits per heavy atom. The molecule has 1 aliphatic heterocycles. The van der Waals surface area contributed by atoms with Crippen LogP contribution in [0.5, 0.6) is 0 Å². The summed E-state index contributed by atoms with van der Waals surface area (Å²) in [7, 11) is 0. The minimum absolute atomic E-state index is 0.0104. The normalized spacial score (nSPS) is 16.5. The number of nitrogens with one attached hydrogen (secondary N) is 1. The standard InChI is InChI=1S/C23H23N3O3/c27-22(13-12-17-7-2-1-3-8-17)26(15-18-9-6-14-29-18)16-21-24-20-11-5-4-10-19(20)23(28)25-21/h1-5,7-8,10-13,18H,6,9,14-16H2,(H,24,25,28)/b13-12+. The Morgan fingerprint density at radius 2 is 1.97 bits per heavy atom. The van der Waals surface area contributed by atoms with Crippen LogP contribution in [0.2, 0.25) is 0 Å². The summed E-state index contributed by atoms with van der Waals surface area (Å²) in [5.74, 6) is 0.327. The van der Waals surface area contributed by atoms with E-state index in [0.29, 0.717) is 23.3 Å². The number of fused-ring (bicyclic) bond motifs is 1. The summed E-state index contributed by atoms with van der Waals surface area (Å²) >= 11 is 0. The van der Waals surface area contributed by atoms with Crippen LogP contribution in [0, 0.1) is 0 Å². The number of hydrogen-bond acceptors (Lipinski definition) is 4. The van der Waals surface area contributed by atoms with E-state index in [0.717, 1.165) is 25.0 Å². The third-order valence-corrected chi connectivity index (χ3v) is 4.98. The molecule has 1 fully saturated rings. The zero-order valence-corrected chi connectivity index (χ0v) is 16.1. The molecule has 148 valence electrons. The van der Waals surface area contributed by atoms with Gasteiger partial charge in [-0.25, -0.2) is 4.98 Å². The molecule has 6 heteroatoms. The zero-order chi connectivity index (χ0) is 20.1. The third kappa shape index (κ3) is 4.78. The SMILES string of the molecule is O=C(/C=C/c1ccccc1)N(Cc1nc2ccccc2c(=O)[nH]1)CC1CCCO1. The number of aromatic amines is 1. The number of carbonyl (C=O) groups excluding carboxylic acids is 1. The van der Waals surface area contributed by atoms with Gasteiger partial charge in [-0.1, -0.05) is 42.5 Å². The van der Waals surface area contributed by atoms with Crippen LogP contribution in [-0.2, 0) is 16.1 Å². The molecule has 0 spiro atoms. The second-order valence-corrected chi connectivity index (χ2v) is 7.13. The average molecular weight is 389 g/mol. The van der Waals surface area contributed by atoms with Gasteiger partial charge in [0.2, 0.25) is 5.91 Å². The van der Waals surface area contributed by atoms with Crippen LogP contribution in [0.15, 0.2) is 65.5 Å². The Bertz CT molecular complexity index is 1070. The molecule has 29 heavy (non-hydrogen) atoms. The Balaban J connectivity index is 1.57. The molecule has 4 rings (SSSR count). The largest absolute Gasteiger partial charge is 0.376 e. The zero-order valence-electron chi connectivity index (χ0n) is 16.1. The highest BCUT2D eigenvalue weighted by Gasteiger charge is 2.22. The van der Waals surface area contributed by atoms with Gasteiger partial charge in [-0.3, -0.25) is 9.59 Å². The van der Waals surface area contributed by atoms with Gasteiger partial charge in [0.1, 0.15) is 5.82 Å². The van der Waals surface area contributed by atoms with Gasteiger partial charge in [0.05, 0.1) is 23.6 Å². The molecule has 0 bridgehead atoms. The fourth-order valence-corrected chi connectivity index (χ4v) is 3.49. The van der Waals surface area contributed by atoms with Gasteiger partial charge in [0.15, 0.2) is 0 Å². The summed E-state index contributed by atoms with van der Waals surface area (Å²) in [5, 5.41) is 0.539. The lowest BCUT2D eigenvalue weighted by molar-refractivity contribution is -0.128. The van der Waals surface area contributed by atoms with Crippen LogP contribution in [0.1, 0.15) is 24.2 Å². The fraction of sp³-hybridized carbons (Fsp3) is 0.261. The highest BCUT2D eigenvalue weighted by Crippen LogP contribution is 2.15. The molecule has 6 nitrogen and oxygen atoms in total. The molecule has 1 amide bonds. The number of hydrogen-bond donors (Lipinski definition) is 1. The molecule has 1 N–H and O–H groups in total. The Labute approximate surface area is 168 Å². The highest BCUT2D eigenvalue weighted by atomic mass is 16.5. The smallest absolute Gasteiger partial charge is 0.258 e. The Morgan fingerprint density at radius 1 is 1.17 bits per heavy atom. The van der Waals surface area contributed by atoms with Gasteiger partial charge in [-0.2, -0.15) is 0 Å². The molecule has 0 aliphatic carbocycles. The van der Waals surface area contributed by atoms with Crippen LogP contribution in [0.25, 0.3) is 17.0 Å². The number of carbonyl (C=O) groups is 1. The average Bonchev–Trinajstić information content (AvgIpc) is 3.25. The van der Waals surface area contributed by atoms with Crippen molar-refractivity contribution in [1.82, 2.24) is 14.9 Å². The lowest BCUT2D eigenvalue weighted by Gasteiger charge is -2.24. The third-order valence-electron chi connectivity index (χ3n) is 4.98. The Kier molecular flexibility index (Phi) is 5.81. The maximum absolute atomic E-state index is 12.9. The van der Waals surface area contributed by atoms with Crippen molar-refractivity contribution in [2.45, 2.75) is 25.5 Å².